The zero-order valence-corrected chi connectivity index (χ0v) is 16.9. The quantitative estimate of drug-likeness (QED) is 0.397. The van der Waals surface area contributed by atoms with Gasteiger partial charge in [0.1, 0.15) is 23.6 Å². The van der Waals surface area contributed by atoms with Crippen molar-refractivity contribution in [2.75, 3.05) is 42.8 Å². The number of aromatic nitrogens is 3. The zero-order valence-electron chi connectivity index (χ0n) is 16.9. The molecule has 0 aliphatic rings. The minimum atomic E-state index is -0.108. The standard InChI is InChI=1S/C19H29N7O2/c1-13-17(24-19(21-4)25-18(13)26(5)14(2)20-3)23-11-15-9-16(12-22-10-15)28-8-6-7-27/h9-10,12,14,27H,3,6-8,11H2,1-2,4-5H3,(H2,21,23,24,25). The van der Waals surface area contributed by atoms with E-state index in [0.717, 1.165) is 22.8 Å². The van der Waals surface area contributed by atoms with Gasteiger partial charge in [-0.1, -0.05) is 0 Å². The topological polar surface area (TPSA) is 108 Å². The molecule has 9 heteroatoms. The van der Waals surface area contributed by atoms with Gasteiger partial charge in [-0.2, -0.15) is 9.97 Å². The molecular weight excluding hydrogens is 358 g/mol. The van der Waals surface area contributed by atoms with E-state index in [1.165, 1.54) is 0 Å². The summed E-state index contributed by atoms with van der Waals surface area (Å²) < 4.78 is 5.58. The minimum Gasteiger partial charge on any atom is -0.492 e. The minimum absolute atomic E-state index is 0.103. The Bertz CT molecular complexity index is 785. The van der Waals surface area contributed by atoms with Crippen molar-refractivity contribution >= 4 is 24.3 Å². The summed E-state index contributed by atoms with van der Waals surface area (Å²) in [5.74, 6) is 2.70. The molecule has 9 nitrogen and oxygen atoms in total. The molecule has 0 fully saturated rings. The number of hydrogen-bond acceptors (Lipinski definition) is 9. The fourth-order valence-corrected chi connectivity index (χ4v) is 2.51. The van der Waals surface area contributed by atoms with Crippen LogP contribution in [0.3, 0.4) is 0 Å². The second kappa shape index (κ2) is 10.4. The van der Waals surface area contributed by atoms with Gasteiger partial charge >= 0.3 is 0 Å². The first-order valence-corrected chi connectivity index (χ1v) is 9.16. The molecule has 0 spiro atoms. The Hall–Kier alpha value is -2.94. The van der Waals surface area contributed by atoms with Gasteiger partial charge in [0.2, 0.25) is 5.95 Å². The van der Waals surface area contributed by atoms with Crippen molar-refractivity contribution in [2.45, 2.75) is 33.0 Å². The van der Waals surface area contributed by atoms with Crippen LogP contribution in [0.15, 0.2) is 23.5 Å². The van der Waals surface area contributed by atoms with Crippen LogP contribution in [0.2, 0.25) is 0 Å². The van der Waals surface area contributed by atoms with Crippen molar-refractivity contribution in [1.82, 2.24) is 15.0 Å². The molecule has 1 atom stereocenters. The Kier molecular flexibility index (Phi) is 7.94. The van der Waals surface area contributed by atoms with E-state index in [9.17, 15) is 0 Å². The molecule has 0 aromatic carbocycles. The number of pyridine rings is 1. The average Bonchev–Trinajstić information content (AvgIpc) is 2.72. The second-order valence-corrected chi connectivity index (χ2v) is 6.33. The first-order chi connectivity index (χ1) is 13.5. The van der Waals surface area contributed by atoms with Crippen LogP contribution in [-0.2, 0) is 6.54 Å². The summed E-state index contributed by atoms with van der Waals surface area (Å²) in [5.41, 5.74) is 1.88. The van der Waals surface area contributed by atoms with Crippen molar-refractivity contribution in [1.29, 1.82) is 0 Å². The number of nitrogens with one attached hydrogen (secondary N) is 2. The molecular formula is C19H29N7O2. The number of aliphatic hydroxyl groups excluding tert-OH is 1. The summed E-state index contributed by atoms with van der Waals surface area (Å²) in [7, 11) is 3.71. The van der Waals surface area contributed by atoms with Crippen molar-refractivity contribution in [3.63, 3.8) is 0 Å². The highest BCUT2D eigenvalue weighted by Crippen LogP contribution is 2.26. The normalized spacial score (nSPS) is 11.6. The number of hydrogen-bond donors (Lipinski definition) is 3. The maximum absolute atomic E-state index is 8.85. The molecule has 3 N–H and O–H groups in total. The van der Waals surface area contributed by atoms with E-state index in [-0.39, 0.29) is 12.8 Å². The number of ether oxygens (including phenoxy) is 1. The van der Waals surface area contributed by atoms with E-state index in [2.05, 4.69) is 37.3 Å². The molecule has 2 heterocycles. The van der Waals surface area contributed by atoms with Gasteiger partial charge in [0.25, 0.3) is 0 Å². The fourth-order valence-electron chi connectivity index (χ4n) is 2.51. The summed E-state index contributed by atoms with van der Waals surface area (Å²) in [6, 6.07) is 1.92. The Balaban J connectivity index is 2.17. The molecule has 2 rings (SSSR count). The molecule has 0 saturated carbocycles. The molecule has 2 aromatic heterocycles. The number of aliphatic hydroxyl groups is 1. The van der Waals surface area contributed by atoms with E-state index in [4.69, 9.17) is 9.84 Å². The fraction of sp³-hybridized carbons (Fsp3) is 0.474. The van der Waals surface area contributed by atoms with Crippen LogP contribution in [-0.4, -0.2) is 60.3 Å². The lowest BCUT2D eigenvalue weighted by Gasteiger charge is -2.25. The molecule has 28 heavy (non-hydrogen) atoms. The maximum atomic E-state index is 8.85. The van der Waals surface area contributed by atoms with Gasteiger partial charge in [-0.15, -0.1) is 0 Å². The molecule has 0 aliphatic carbocycles. The smallest absolute Gasteiger partial charge is 0.226 e. The van der Waals surface area contributed by atoms with Crippen molar-refractivity contribution < 1.29 is 9.84 Å². The van der Waals surface area contributed by atoms with E-state index in [0.29, 0.717) is 31.3 Å². The third kappa shape index (κ3) is 5.53. The molecule has 0 aliphatic heterocycles. The second-order valence-electron chi connectivity index (χ2n) is 6.33. The third-order valence-electron chi connectivity index (χ3n) is 4.30. The maximum Gasteiger partial charge on any atom is 0.226 e. The van der Waals surface area contributed by atoms with Crippen LogP contribution in [0.25, 0.3) is 0 Å². The van der Waals surface area contributed by atoms with Gasteiger partial charge in [-0.05, 0) is 32.2 Å². The highest BCUT2D eigenvalue weighted by molar-refractivity contribution is 5.61. The van der Waals surface area contributed by atoms with Crippen molar-refractivity contribution in [3.8, 4) is 5.75 Å². The summed E-state index contributed by atoms with van der Waals surface area (Å²) in [6.45, 7) is 8.63. The van der Waals surface area contributed by atoms with Gasteiger partial charge < -0.3 is 25.4 Å². The Morgan fingerprint density at radius 3 is 2.82 bits per heavy atom. The lowest BCUT2D eigenvalue weighted by Crippen LogP contribution is -2.29. The molecule has 0 radical (unpaired) electrons. The lowest BCUT2D eigenvalue weighted by atomic mass is 10.2. The third-order valence-corrected chi connectivity index (χ3v) is 4.30. The van der Waals surface area contributed by atoms with Crippen LogP contribution >= 0.6 is 0 Å². The highest BCUT2D eigenvalue weighted by Gasteiger charge is 2.17. The lowest BCUT2D eigenvalue weighted by molar-refractivity contribution is 0.233. The Morgan fingerprint density at radius 2 is 2.14 bits per heavy atom. The van der Waals surface area contributed by atoms with E-state index >= 15 is 0 Å². The van der Waals surface area contributed by atoms with Gasteiger partial charge in [-0.3, -0.25) is 9.98 Å². The SMILES string of the molecule is C=NC(C)N(C)c1nc(NC)nc(NCc2cncc(OCCCO)c2)c1C. The first-order valence-electron chi connectivity index (χ1n) is 9.16. The highest BCUT2D eigenvalue weighted by atomic mass is 16.5. The van der Waals surface area contributed by atoms with Gasteiger partial charge in [0.15, 0.2) is 0 Å². The molecule has 152 valence electrons. The molecule has 0 amide bonds. The van der Waals surface area contributed by atoms with Crippen LogP contribution in [0.1, 0.15) is 24.5 Å². The van der Waals surface area contributed by atoms with Gasteiger partial charge in [0.05, 0.1) is 12.8 Å². The van der Waals surface area contributed by atoms with Crippen LogP contribution in [0.4, 0.5) is 17.6 Å². The van der Waals surface area contributed by atoms with Gasteiger partial charge in [-0.25, -0.2) is 0 Å². The van der Waals surface area contributed by atoms with E-state index in [1.54, 1.807) is 19.4 Å². The summed E-state index contributed by atoms with van der Waals surface area (Å²) >= 11 is 0. The molecule has 1 unspecified atom stereocenters. The molecule has 0 bridgehead atoms. The predicted molar refractivity (Wildman–Crippen MR) is 112 cm³/mol. The number of nitrogens with zero attached hydrogens (tertiary/aromatic N) is 5. The summed E-state index contributed by atoms with van der Waals surface area (Å²) in [6.07, 6.45) is 3.91. The van der Waals surface area contributed by atoms with Crippen LogP contribution in [0, 0.1) is 6.92 Å². The summed E-state index contributed by atoms with van der Waals surface area (Å²) in [5, 5.41) is 15.2. The van der Waals surface area contributed by atoms with Crippen LogP contribution in [0.5, 0.6) is 5.75 Å². The largest absolute Gasteiger partial charge is 0.492 e. The first kappa shape index (κ1) is 21.4. The predicted octanol–water partition coefficient (Wildman–Crippen LogP) is 2.08. The van der Waals surface area contributed by atoms with Crippen molar-refractivity contribution in [3.05, 3.63) is 29.6 Å². The Labute approximate surface area is 165 Å². The monoisotopic (exact) mass is 387 g/mol. The number of aliphatic imine (C=N–C) groups is 1. The van der Waals surface area contributed by atoms with Crippen molar-refractivity contribution in [2.24, 2.45) is 4.99 Å². The van der Waals surface area contributed by atoms with E-state index < -0.39 is 0 Å². The zero-order chi connectivity index (χ0) is 20.5. The van der Waals surface area contributed by atoms with Crippen LogP contribution < -0.4 is 20.3 Å². The molecule has 2 aromatic rings. The Morgan fingerprint density at radius 1 is 1.36 bits per heavy atom. The molecule has 0 saturated heterocycles. The number of anilines is 3. The number of rotatable bonds is 11. The van der Waals surface area contributed by atoms with Gasteiger partial charge in [0, 0.05) is 45.4 Å². The summed E-state index contributed by atoms with van der Waals surface area (Å²) in [4.78, 5) is 19.3. The van der Waals surface area contributed by atoms with E-state index in [1.807, 2.05) is 31.9 Å². The average molecular weight is 387 g/mol.